The lowest BCUT2D eigenvalue weighted by Gasteiger charge is -2.38. The summed E-state index contributed by atoms with van der Waals surface area (Å²) in [5.74, 6) is -4.29. The summed E-state index contributed by atoms with van der Waals surface area (Å²) >= 11 is 0. The zero-order valence-corrected chi connectivity index (χ0v) is 18.1. The van der Waals surface area contributed by atoms with E-state index in [1.165, 1.54) is 19.2 Å². The Morgan fingerprint density at radius 2 is 1.81 bits per heavy atom. The van der Waals surface area contributed by atoms with Crippen LogP contribution in [0.3, 0.4) is 0 Å². The van der Waals surface area contributed by atoms with Gasteiger partial charge in [0.15, 0.2) is 5.78 Å². The summed E-state index contributed by atoms with van der Waals surface area (Å²) in [6, 6.07) is 4.30. The second-order valence-corrected chi connectivity index (χ2v) is 7.88. The van der Waals surface area contributed by atoms with Gasteiger partial charge < -0.3 is 14.8 Å². The van der Waals surface area contributed by atoms with E-state index in [0.29, 0.717) is 23.4 Å². The van der Waals surface area contributed by atoms with Crippen molar-refractivity contribution in [2.45, 2.75) is 39.3 Å². The highest BCUT2D eigenvalue weighted by atomic mass is 19.4. The third-order valence-electron chi connectivity index (χ3n) is 5.81. The molecule has 0 fully saturated rings. The van der Waals surface area contributed by atoms with Gasteiger partial charge in [-0.1, -0.05) is 19.1 Å². The molecule has 3 atom stereocenters. The third kappa shape index (κ3) is 4.16. The molecule has 6 nitrogen and oxygen atoms in total. The second-order valence-electron chi connectivity index (χ2n) is 7.88. The van der Waals surface area contributed by atoms with Crippen molar-refractivity contribution in [2.24, 2.45) is 11.8 Å². The number of alkyl halides is 3. The minimum Gasteiger partial charge on any atom is -0.468 e. The van der Waals surface area contributed by atoms with Crippen LogP contribution in [0.25, 0.3) is 0 Å². The van der Waals surface area contributed by atoms with E-state index in [1.54, 1.807) is 20.8 Å². The largest absolute Gasteiger partial charge is 0.468 e. The Balaban J connectivity index is 2.18. The van der Waals surface area contributed by atoms with Gasteiger partial charge in [-0.05, 0) is 43.9 Å². The number of ether oxygens (including phenoxy) is 2. The lowest BCUT2D eigenvalue weighted by atomic mass is 9.69. The van der Waals surface area contributed by atoms with E-state index in [4.69, 9.17) is 9.47 Å². The molecule has 0 saturated heterocycles. The van der Waals surface area contributed by atoms with Gasteiger partial charge in [0.05, 0.1) is 24.9 Å². The van der Waals surface area contributed by atoms with Crippen LogP contribution in [0, 0.1) is 11.8 Å². The first kappa shape index (κ1) is 23.6. The number of hydrogen-bond acceptors (Lipinski definition) is 6. The summed E-state index contributed by atoms with van der Waals surface area (Å²) < 4.78 is 49.2. The number of halogens is 3. The van der Waals surface area contributed by atoms with E-state index < -0.39 is 41.3 Å². The van der Waals surface area contributed by atoms with Crippen molar-refractivity contribution >= 4 is 17.7 Å². The molecule has 1 aromatic carbocycles. The van der Waals surface area contributed by atoms with Crippen molar-refractivity contribution in [1.29, 1.82) is 0 Å². The molecule has 32 heavy (non-hydrogen) atoms. The molecule has 1 N–H and O–H groups in total. The van der Waals surface area contributed by atoms with Gasteiger partial charge in [-0.3, -0.25) is 9.59 Å². The van der Waals surface area contributed by atoms with Crippen molar-refractivity contribution in [3.05, 3.63) is 57.9 Å². The molecule has 0 spiro atoms. The van der Waals surface area contributed by atoms with Crippen LogP contribution in [-0.2, 0) is 30.0 Å². The molecule has 1 aromatic rings. The van der Waals surface area contributed by atoms with E-state index in [0.717, 1.165) is 12.1 Å². The Bertz CT molecular complexity index is 1010. The summed E-state index contributed by atoms with van der Waals surface area (Å²) in [5.41, 5.74) is 0.755. The number of Topliss-reactive ketones (excluding diaryl/α,β-unsaturated/α-hetero) is 1. The number of esters is 2. The Morgan fingerprint density at radius 3 is 2.34 bits per heavy atom. The predicted molar refractivity (Wildman–Crippen MR) is 108 cm³/mol. The lowest BCUT2D eigenvalue weighted by Crippen LogP contribution is -2.43. The van der Waals surface area contributed by atoms with Gasteiger partial charge in [0.2, 0.25) is 0 Å². The van der Waals surface area contributed by atoms with Crippen LogP contribution in [0.4, 0.5) is 13.2 Å². The number of hydrogen-bond donors (Lipinski definition) is 1. The molecule has 0 bridgehead atoms. The van der Waals surface area contributed by atoms with E-state index in [1.807, 2.05) is 0 Å². The molecule has 3 rings (SSSR count). The molecule has 1 heterocycles. The SMILES string of the molecule is CCOC(=O)C1=C(C)NC2=C(C(=O)C(C(=O)OC)C(C)C2)C1c1ccc(C(F)(F)F)cc1. The fourth-order valence-corrected chi connectivity index (χ4v) is 4.36. The molecule has 1 aliphatic carbocycles. The van der Waals surface area contributed by atoms with E-state index in [9.17, 15) is 27.6 Å². The molecular weight excluding hydrogens is 427 g/mol. The molecule has 0 radical (unpaired) electrons. The van der Waals surface area contributed by atoms with Gasteiger partial charge in [-0.15, -0.1) is 0 Å². The van der Waals surface area contributed by atoms with Crippen molar-refractivity contribution < 1.29 is 37.0 Å². The van der Waals surface area contributed by atoms with Crippen LogP contribution in [0.5, 0.6) is 0 Å². The first-order valence-electron chi connectivity index (χ1n) is 10.2. The molecule has 2 aliphatic rings. The zero-order valence-electron chi connectivity index (χ0n) is 18.1. The second kappa shape index (κ2) is 8.80. The van der Waals surface area contributed by atoms with Gasteiger partial charge >= 0.3 is 18.1 Å². The molecule has 3 unspecified atom stereocenters. The van der Waals surface area contributed by atoms with E-state index >= 15 is 0 Å². The Kier molecular flexibility index (Phi) is 6.48. The number of benzene rings is 1. The van der Waals surface area contributed by atoms with Crippen molar-refractivity contribution in [2.75, 3.05) is 13.7 Å². The molecule has 9 heteroatoms. The molecule has 0 saturated carbocycles. The number of nitrogens with one attached hydrogen (secondary N) is 1. The highest BCUT2D eigenvalue weighted by Gasteiger charge is 2.47. The molecular formula is C23H24F3NO5. The fourth-order valence-electron chi connectivity index (χ4n) is 4.36. The van der Waals surface area contributed by atoms with Crippen LogP contribution >= 0.6 is 0 Å². The summed E-state index contributed by atoms with van der Waals surface area (Å²) in [5, 5.41) is 3.09. The molecule has 0 amide bonds. The maximum atomic E-state index is 13.5. The average Bonchev–Trinajstić information content (AvgIpc) is 2.72. The normalized spacial score (nSPS) is 23.5. The van der Waals surface area contributed by atoms with Crippen molar-refractivity contribution in [3.8, 4) is 0 Å². The first-order valence-corrected chi connectivity index (χ1v) is 10.2. The van der Waals surface area contributed by atoms with Gasteiger partial charge in [0.25, 0.3) is 0 Å². The number of allylic oxidation sites excluding steroid dienone is 3. The summed E-state index contributed by atoms with van der Waals surface area (Å²) in [4.78, 5) is 38.6. The topological polar surface area (TPSA) is 81.7 Å². The zero-order chi connectivity index (χ0) is 23.8. The maximum Gasteiger partial charge on any atom is 0.416 e. The quantitative estimate of drug-likeness (QED) is 0.553. The number of ketones is 1. The van der Waals surface area contributed by atoms with Crippen LogP contribution in [-0.4, -0.2) is 31.4 Å². The highest BCUT2D eigenvalue weighted by Crippen LogP contribution is 2.45. The van der Waals surface area contributed by atoms with Gasteiger partial charge in [-0.2, -0.15) is 13.2 Å². The monoisotopic (exact) mass is 451 g/mol. The minimum absolute atomic E-state index is 0.0804. The Morgan fingerprint density at radius 1 is 1.19 bits per heavy atom. The van der Waals surface area contributed by atoms with Crippen LogP contribution in [0.2, 0.25) is 0 Å². The number of carbonyl (C=O) groups excluding carboxylic acids is 3. The summed E-state index contributed by atoms with van der Waals surface area (Å²) in [6.45, 7) is 5.10. The van der Waals surface area contributed by atoms with Crippen LogP contribution < -0.4 is 5.32 Å². The minimum atomic E-state index is -4.53. The number of dihydropyridines is 1. The van der Waals surface area contributed by atoms with Crippen LogP contribution in [0.1, 0.15) is 44.2 Å². The fraction of sp³-hybridized carbons (Fsp3) is 0.435. The lowest BCUT2D eigenvalue weighted by molar-refractivity contribution is -0.151. The number of rotatable bonds is 4. The van der Waals surface area contributed by atoms with Gasteiger partial charge in [-0.25, -0.2) is 4.79 Å². The number of methoxy groups -OCH3 is 1. The smallest absolute Gasteiger partial charge is 0.416 e. The number of carbonyl (C=O) groups is 3. The van der Waals surface area contributed by atoms with Gasteiger partial charge in [0.1, 0.15) is 5.92 Å². The van der Waals surface area contributed by atoms with Crippen molar-refractivity contribution in [1.82, 2.24) is 5.32 Å². The summed E-state index contributed by atoms with van der Waals surface area (Å²) in [6.07, 6.45) is -4.19. The maximum absolute atomic E-state index is 13.5. The van der Waals surface area contributed by atoms with E-state index in [-0.39, 0.29) is 23.7 Å². The van der Waals surface area contributed by atoms with Gasteiger partial charge in [0, 0.05) is 22.9 Å². The Hall–Kier alpha value is -3.10. The Labute approximate surface area is 183 Å². The first-order chi connectivity index (χ1) is 15.0. The average molecular weight is 451 g/mol. The molecule has 0 aromatic heterocycles. The predicted octanol–water partition coefficient (Wildman–Crippen LogP) is 3.88. The molecule has 1 aliphatic heterocycles. The summed E-state index contributed by atoms with van der Waals surface area (Å²) in [7, 11) is 1.19. The molecule has 172 valence electrons. The highest BCUT2D eigenvalue weighted by molar-refractivity contribution is 6.12. The third-order valence-corrected chi connectivity index (χ3v) is 5.81. The van der Waals surface area contributed by atoms with Crippen molar-refractivity contribution in [3.63, 3.8) is 0 Å². The van der Waals surface area contributed by atoms with Crippen LogP contribution in [0.15, 0.2) is 46.8 Å². The standard InChI is InChI=1S/C23H24F3NO5/c1-5-32-22(30)17-12(3)27-15-10-11(2)16(21(29)31-4)20(28)19(15)18(17)13-6-8-14(9-7-13)23(24,25)26/h6-9,11,16,18,27H,5,10H2,1-4H3. The van der Waals surface area contributed by atoms with E-state index in [2.05, 4.69) is 5.32 Å².